The maximum atomic E-state index is 4.64. The highest BCUT2D eigenvalue weighted by molar-refractivity contribution is 7.12. The summed E-state index contributed by atoms with van der Waals surface area (Å²) in [7, 11) is 0. The maximum Gasteiger partial charge on any atom is 0.144 e. The first-order valence-corrected chi connectivity index (χ1v) is 8.97. The minimum Gasteiger partial charge on any atom is -0.311 e. The van der Waals surface area contributed by atoms with Gasteiger partial charge in [-0.3, -0.25) is 0 Å². The number of hydrogen-bond acceptors (Lipinski definition) is 3. The van der Waals surface area contributed by atoms with Gasteiger partial charge < -0.3 is 4.57 Å². The van der Waals surface area contributed by atoms with E-state index in [1.807, 2.05) is 11.3 Å². The molecule has 2 aromatic heterocycles. The lowest BCUT2D eigenvalue weighted by Gasteiger charge is -2.24. The number of rotatable bonds is 5. The van der Waals surface area contributed by atoms with Crippen LogP contribution in [0.4, 0.5) is 0 Å². The Kier molecular flexibility index (Phi) is 3.00. The zero-order valence-electron chi connectivity index (χ0n) is 13.1. The molecule has 2 aromatic rings. The molecule has 2 saturated carbocycles. The second-order valence-electron chi connectivity index (χ2n) is 7.00. The molecule has 0 radical (unpaired) electrons. The van der Waals surface area contributed by atoms with Crippen molar-refractivity contribution in [2.75, 3.05) is 0 Å². The molecule has 2 fully saturated rings. The molecule has 112 valence electrons. The van der Waals surface area contributed by atoms with Gasteiger partial charge >= 0.3 is 0 Å². The molecule has 2 aliphatic carbocycles. The Morgan fingerprint density at radius 3 is 2.52 bits per heavy atom. The molecule has 0 spiro atoms. The molecular weight excluding hydrogens is 278 g/mol. The molecular formula is C17H23N3S. The van der Waals surface area contributed by atoms with Crippen LogP contribution in [-0.2, 0) is 11.8 Å². The SMILES string of the molecule is CCc1ccc(C(C)(C)c2nnc(C3CC3)n2C2CC2)s1. The molecule has 0 atom stereocenters. The van der Waals surface area contributed by atoms with Crippen molar-refractivity contribution < 1.29 is 0 Å². The average molecular weight is 301 g/mol. The van der Waals surface area contributed by atoms with Crippen molar-refractivity contribution in [2.24, 2.45) is 0 Å². The monoisotopic (exact) mass is 301 g/mol. The van der Waals surface area contributed by atoms with E-state index in [4.69, 9.17) is 0 Å². The lowest BCUT2D eigenvalue weighted by atomic mass is 9.90. The van der Waals surface area contributed by atoms with Crippen LogP contribution in [0.15, 0.2) is 12.1 Å². The third-order valence-corrected chi connectivity index (χ3v) is 6.32. The smallest absolute Gasteiger partial charge is 0.144 e. The summed E-state index contributed by atoms with van der Waals surface area (Å²) < 4.78 is 2.49. The molecule has 4 rings (SSSR count). The summed E-state index contributed by atoms with van der Waals surface area (Å²) in [6.07, 6.45) is 6.30. The zero-order valence-corrected chi connectivity index (χ0v) is 13.9. The van der Waals surface area contributed by atoms with Gasteiger partial charge in [-0.25, -0.2) is 0 Å². The Hall–Kier alpha value is -1.16. The first-order valence-electron chi connectivity index (χ1n) is 8.15. The van der Waals surface area contributed by atoms with Crippen molar-refractivity contribution in [3.8, 4) is 0 Å². The molecule has 0 unspecified atom stereocenters. The van der Waals surface area contributed by atoms with Crippen molar-refractivity contribution in [1.82, 2.24) is 14.8 Å². The molecule has 0 aliphatic heterocycles. The fourth-order valence-electron chi connectivity index (χ4n) is 3.06. The summed E-state index contributed by atoms with van der Waals surface area (Å²) in [6.45, 7) is 6.83. The average Bonchev–Trinajstić information content (AvgIpc) is 3.40. The number of thiophene rings is 1. The van der Waals surface area contributed by atoms with Gasteiger partial charge in [0.2, 0.25) is 0 Å². The number of aryl methyl sites for hydroxylation is 1. The van der Waals surface area contributed by atoms with Crippen molar-refractivity contribution in [3.63, 3.8) is 0 Å². The predicted molar refractivity (Wildman–Crippen MR) is 86.1 cm³/mol. The molecule has 2 heterocycles. The topological polar surface area (TPSA) is 30.7 Å². The molecule has 0 saturated heterocycles. The Bertz CT molecular complexity index is 659. The standard InChI is InChI=1S/C17H23N3S/c1-4-13-9-10-14(21-13)17(2,3)16-19-18-15(11-5-6-11)20(16)12-7-8-12/h9-12H,4-8H2,1-3H3. The van der Waals surface area contributed by atoms with Gasteiger partial charge in [-0.1, -0.05) is 6.92 Å². The van der Waals surface area contributed by atoms with E-state index >= 15 is 0 Å². The van der Waals surface area contributed by atoms with E-state index in [-0.39, 0.29) is 5.41 Å². The van der Waals surface area contributed by atoms with Crippen LogP contribution in [0.5, 0.6) is 0 Å². The van der Waals surface area contributed by atoms with Crippen molar-refractivity contribution in [3.05, 3.63) is 33.5 Å². The molecule has 0 N–H and O–H groups in total. The summed E-state index contributed by atoms with van der Waals surface area (Å²) >= 11 is 1.93. The summed E-state index contributed by atoms with van der Waals surface area (Å²) in [5, 5.41) is 9.22. The molecule has 2 aliphatic rings. The fourth-order valence-corrected chi connectivity index (χ4v) is 4.10. The van der Waals surface area contributed by atoms with E-state index in [0.717, 1.165) is 6.42 Å². The molecule has 0 aromatic carbocycles. The van der Waals surface area contributed by atoms with Gasteiger partial charge in [0.25, 0.3) is 0 Å². The van der Waals surface area contributed by atoms with E-state index in [9.17, 15) is 0 Å². The molecule has 0 bridgehead atoms. The van der Waals surface area contributed by atoms with Gasteiger partial charge in [-0.2, -0.15) is 0 Å². The number of hydrogen-bond donors (Lipinski definition) is 0. The third-order valence-electron chi connectivity index (χ3n) is 4.76. The van der Waals surface area contributed by atoms with Gasteiger partial charge in [0.05, 0.1) is 5.41 Å². The lowest BCUT2D eigenvalue weighted by molar-refractivity contribution is 0.533. The van der Waals surface area contributed by atoms with E-state index in [2.05, 4.69) is 47.7 Å². The first-order chi connectivity index (χ1) is 10.1. The Morgan fingerprint density at radius 1 is 1.19 bits per heavy atom. The van der Waals surface area contributed by atoms with Crippen LogP contribution >= 0.6 is 11.3 Å². The highest BCUT2D eigenvalue weighted by Crippen LogP contribution is 2.47. The van der Waals surface area contributed by atoms with E-state index in [0.29, 0.717) is 12.0 Å². The van der Waals surface area contributed by atoms with Gasteiger partial charge in [-0.15, -0.1) is 21.5 Å². The van der Waals surface area contributed by atoms with E-state index in [1.165, 1.54) is 47.1 Å². The van der Waals surface area contributed by atoms with Gasteiger partial charge in [-0.05, 0) is 58.1 Å². The quantitative estimate of drug-likeness (QED) is 0.817. The van der Waals surface area contributed by atoms with Crippen molar-refractivity contribution in [2.45, 2.75) is 70.3 Å². The minimum absolute atomic E-state index is 0.0409. The first kappa shape index (κ1) is 13.5. The van der Waals surface area contributed by atoms with Gasteiger partial charge in [0, 0.05) is 21.7 Å². The van der Waals surface area contributed by atoms with E-state index in [1.54, 1.807) is 0 Å². The summed E-state index contributed by atoms with van der Waals surface area (Å²) in [5.41, 5.74) is -0.0409. The molecule has 21 heavy (non-hydrogen) atoms. The third kappa shape index (κ3) is 2.24. The van der Waals surface area contributed by atoms with Crippen molar-refractivity contribution >= 4 is 11.3 Å². The minimum atomic E-state index is -0.0409. The molecule has 3 nitrogen and oxygen atoms in total. The van der Waals surface area contributed by atoms with Crippen LogP contribution in [0, 0.1) is 0 Å². The highest BCUT2D eigenvalue weighted by Gasteiger charge is 2.40. The highest BCUT2D eigenvalue weighted by atomic mass is 32.1. The Balaban J connectivity index is 1.77. The maximum absolute atomic E-state index is 4.64. The largest absolute Gasteiger partial charge is 0.311 e. The zero-order chi connectivity index (χ0) is 14.6. The second-order valence-corrected chi connectivity index (χ2v) is 8.17. The summed E-state index contributed by atoms with van der Waals surface area (Å²) in [5.74, 6) is 3.11. The molecule has 4 heteroatoms. The van der Waals surface area contributed by atoms with Crippen LogP contribution in [0.2, 0.25) is 0 Å². The Morgan fingerprint density at radius 2 is 1.95 bits per heavy atom. The summed E-state index contributed by atoms with van der Waals surface area (Å²) in [6, 6.07) is 5.21. The normalized spacial score (nSPS) is 19.2. The van der Waals surface area contributed by atoms with Gasteiger partial charge in [0.1, 0.15) is 11.6 Å². The lowest BCUT2D eigenvalue weighted by Crippen LogP contribution is -2.23. The summed E-state index contributed by atoms with van der Waals surface area (Å²) in [4.78, 5) is 2.87. The van der Waals surface area contributed by atoms with E-state index < -0.39 is 0 Å². The van der Waals surface area contributed by atoms with Crippen LogP contribution in [-0.4, -0.2) is 14.8 Å². The second kappa shape index (κ2) is 4.67. The predicted octanol–water partition coefficient (Wildman–Crippen LogP) is 4.44. The van der Waals surface area contributed by atoms with Crippen molar-refractivity contribution in [1.29, 1.82) is 0 Å². The molecule has 0 amide bonds. The van der Waals surface area contributed by atoms with Crippen LogP contribution in [0.25, 0.3) is 0 Å². The number of aromatic nitrogens is 3. The van der Waals surface area contributed by atoms with Crippen LogP contribution in [0.1, 0.15) is 79.8 Å². The van der Waals surface area contributed by atoms with Crippen LogP contribution < -0.4 is 0 Å². The van der Waals surface area contributed by atoms with Gasteiger partial charge in [0.15, 0.2) is 0 Å². The fraction of sp³-hybridized carbons (Fsp3) is 0.647. The van der Waals surface area contributed by atoms with Crippen LogP contribution in [0.3, 0.4) is 0 Å². The number of nitrogens with zero attached hydrogens (tertiary/aromatic N) is 3. The Labute approximate surface area is 130 Å².